The number of Topliss-reactive ketones (excluding diaryl/α,β-unsaturated/α-hetero) is 1. The summed E-state index contributed by atoms with van der Waals surface area (Å²) >= 11 is 3.28. The van der Waals surface area contributed by atoms with Crippen molar-refractivity contribution in [1.82, 2.24) is 0 Å². The Balaban J connectivity index is 2.16. The lowest BCUT2D eigenvalue weighted by atomic mass is 10.1. The molecule has 6 heteroatoms. The monoisotopic (exact) mass is 324 g/mol. The van der Waals surface area contributed by atoms with E-state index in [0.29, 0.717) is 28.9 Å². The first kappa shape index (κ1) is 13.7. The maximum absolute atomic E-state index is 11.9. The maximum atomic E-state index is 11.9. The molecule has 1 aliphatic carbocycles. The third-order valence-electron chi connectivity index (χ3n) is 3.10. The molecule has 0 unspecified atom stereocenters. The highest BCUT2D eigenvalue weighted by Gasteiger charge is 2.30. The lowest BCUT2D eigenvalue weighted by Crippen LogP contribution is -2.28. The highest BCUT2D eigenvalue weighted by molar-refractivity contribution is 9.10. The van der Waals surface area contributed by atoms with E-state index >= 15 is 0 Å². The Hall–Kier alpha value is -1.69. The van der Waals surface area contributed by atoms with Gasteiger partial charge in [-0.25, -0.2) is 0 Å². The van der Waals surface area contributed by atoms with Crippen molar-refractivity contribution >= 4 is 33.6 Å². The van der Waals surface area contributed by atoms with E-state index in [0.717, 1.165) is 17.1 Å². The van der Waals surface area contributed by atoms with Gasteiger partial charge >= 0.3 is 0 Å². The Morgan fingerprint density at radius 1 is 1.47 bits per heavy atom. The third kappa shape index (κ3) is 3.20. The second kappa shape index (κ2) is 5.97. The number of benzene rings is 1. The number of nitrogens with zero attached hydrogens (tertiary/aromatic N) is 2. The average Bonchev–Trinajstić information content (AvgIpc) is 2.87. The first-order chi connectivity index (χ1) is 9.11. The molecule has 1 aliphatic rings. The summed E-state index contributed by atoms with van der Waals surface area (Å²) in [5, 5.41) is 23.8. The second-order valence-electron chi connectivity index (χ2n) is 4.36. The molecule has 0 radical (unpaired) electrons. The highest BCUT2D eigenvalue weighted by Crippen LogP contribution is 2.18. The minimum absolute atomic E-state index is 0.355. The minimum Gasteiger partial charge on any atom is -0.623 e. The van der Waals surface area contributed by atoms with Crippen LogP contribution in [0, 0.1) is 5.21 Å². The van der Waals surface area contributed by atoms with E-state index in [1.165, 1.54) is 0 Å². The molecular formula is C13H13BrN2O3. The Labute approximate surface area is 119 Å². The molecule has 1 fully saturated rings. The number of carbonyl (C=O) groups excluding carboxylic acids is 1. The second-order valence-corrected chi connectivity index (χ2v) is 5.28. The zero-order valence-corrected chi connectivity index (χ0v) is 11.7. The van der Waals surface area contributed by atoms with Crippen molar-refractivity contribution in [2.45, 2.75) is 25.3 Å². The molecule has 19 heavy (non-hydrogen) atoms. The van der Waals surface area contributed by atoms with Crippen LogP contribution in [0.15, 0.2) is 33.9 Å². The summed E-state index contributed by atoms with van der Waals surface area (Å²) in [7, 11) is 0. The first-order valence-electron chi connectivity index (χ1n) is 5.93. The molecule has 1 aromatic rings. The van der Waals surface area contributed by atoms with Gasteiger partial charge in [0.05, 0.1) is 0 Å². The van der Waals surface area contributed by atoms with E-state index in [4.69, 9.17) is 5.21 Å². The van der Waals surface area contributed by atoms with Gasteiger partial charge in [-0.05, 0) is 37.1 Å². The molecular weight excluding hydrogens is 312 g/mol. The van der Waals surface area contributed by atoms with E-state index in [9.17, 15) is 10.0 Å². The molecule has 1 aromatic carbocycles. The largest absolute Gasteiger partial charge is 0.623 e. The number of hydrogen-bond donors (Lipinski definition) is 1. The van der Waals surface area contributed by atoms with Gasteiger partial charge in [-0.3, -0.25) is 4.79 Å². The van der Waals surface area contributed by atoms with Crippen LogP contribution in [0.4, 0.5) is 0 Å². The summed E-state index contributed by atoms with van der Waals surface area (Å²) in [5.74, 6) is -0.355. The van der Waals surface area contributed by atoms with E-state index in [1.807, 2.05) is 0 Å². The summed E-state index contributed by atoms with van der Waals surface area (Å²) in [6.07, 6.45) is 3.01. The predicted octanol–water partition coefficient (Wildman–Crippen LogP) is 2.60. The molecule has 1 atom stereocenters. The lowest BCUT2D eigenvalue weighted by Gasteiger charge is -2.10. The third-order valence-corrected chi connectivity index (χ3v) is 3.63. The number of hydroxylamine groups is 1. The van der Waals surface area contributed by atoms with Gasteiger partial charge in [0.15, 0.2) is 0 Å². The van der Waals surface area contributed by atoms with Crippen LogP contribution in [0.1, 0.15) is 29.6 Å². The van der Waals surface area contributed by atoms with E-state index < -0.39 is 6.04 Å². The van der Waals surface area contributed by atoms with Gasteiger partial charge < -0.3 is 10.4 Å². The zero-order valence-electron chi connectivity index (χ0n) is 10.1. The Morgan fingerprint density at radius 3 is 2.79 bits per heavy atom. The van der Waals surface area contributed by atoms with Gasteiger partial charge in [0, 0.05) is 16.5 Å². The van der Waals surface area contributed by atoms with E-state index in [2.05, 4.69) is 21.1 Å². The van der Waals surface area contributed by atoms with E-state index in [1.54, 1.807) is 24.3 Å². The number of ketones is 1. The van der Waals surface area contributed by atoms with Gasteiger partial charge in [-0.2, -0.15) is 4.74 Å². The normalized spacial score (nSPS) is 21.8. The van der Waals surface area contributed by atoms with Crippen LogP contribution in [-0.4, -0.2) is 33.7 Å². The number of rotatable bonds is 3. The fourth-order valence-corrected chi connectivity index (χ4v) is 2.36. The van der Waals surface area contributed by atoms with Crippen molar-refractivity contribution < 1.29 is 14.7 Å². The van der Waals surface area contributed by atoms with Crippen molar-refractivity contribution in [3.8, 4) is 0 Å². The smallest absolute Gasteiger partial charge is 0.249 e. The fourth-order valence-electron chi connectivity index (χ4n) is 2.09. The molecule has 0 spiro atoms. The van der Waals surface area contributed by atoms with Crippen LogP contribution in [-0.2, 0) is 0 Å². The molecule has 5 nitrogen and oxygen atoms in total. The number of oxime groups is 1. The molecule has 0 bridgehead atoms. The Bertz CT molecular complexity index is 537. The Kier molecular flexibility index (Phi) is 4.31. The molecule has 1 saturated carbocycles. The summed E-state index contributed by atoms with van der Waals surface area (Å²) in [4.78, 5) is 11.9. The highest BCUT2D eigenvalue weighted by atomic mass is 79.9. The van der Waals surface area contributed by atoms with Crippen LogP contribution in [0.25, 0.3) is 0 Å². The summed E-state index contributed by atoms with van der Waals surface area (Å²) < 4.78 is 1.46. The van der Waals surface area contributed by atoms with Crippen LogP contribution < -0.4 is 0 Å². The molecule has 1 N–H and O–H groups in total. The molecule has 0 amide bonds. The molecule has 0 heterocycles. The molecule has 0 saturated heterocycles. The van der Waals surface area contributed by atoms with Gasteiger partial charge in [0.2, 0.25) is 18.0 Å². The minimum atomic E-state index is -0.524. The van der Waals surface area contributed by atoms with Gasteiger partial charge in [0.1, 0.15) is 5.71 Å². The summed E-state index contributed by atoms with van der Waals surface area (Å²) in [6, 6.07) is 6.25. The predicted molar refractivity (Wildman–Crippen MR) is 75.0 cm³/mol. The molecule has 2 rings (SSSR count). The van der Waals surface area contributed by atoms with Crippen LogP contribution >= 0.6 is 15.9 Å². The van der Waals surface area contributed by atoms with Crippen LogP contribution in [0.2, 0.25) is 0 Å². The zero-order chi connectivity index (χ0) is 13.8. The standard InChI is InChI=1S/C13H13BrN2O3/c14-10-6-4-9(5-7-10)13(17)8-16(19)12-3-1-2-11(12)15-18/h4-8,12,18H,1-3H2/b15-11+,16-8-/t12-/m0/s1. The topological polar surface area (TPSA) is 75.7 Å². The van der Waals surface area contributed by atoms with E-state index in [-0.39, 0.29) is 5.78 Å². The lowest BCUT2D eigenvalue weighted by molar-refractivity contribution is -0.474. The van der Waals surface area contributed by atoms with Crippen LogP contribution in [0.5, 0.6) is 0 Å². The van der Waals surface area contributed by atoms with Gasteiger partial charge in [0.25, 0.3) is 0 Å². The van der Waals surface area contributed by atoms with Crippen molar-refractivity contribution in [2.24, 2.45) is 5.16 Å². The fraction of sp³-hybridized carbons (Fsp3) is 0.308. The van der Waals surface area contributed by atoms with Crippen molar-refractivity contribution in [3.05, 3.63) is 39.5 Å². The number of hydrogen-bond acceptors (Lipinski definition) is 4. The van der Waals surface area contributed by atoms with Crippen LogP contribution in [0.3, 0.4) is 0 Å². The van der Waals surface area contributed by atoms with Crippen molar-refractivity contribution in [1.29, 1.82) is 0 Å². The molecule has 0 aliphatic heterocycles. The number of carbonyl (C=O) groups is 1. The maximum Gasteiger partial charge on any atom is 0.249 e. The van der Waals surface area contributed by atoms with Crippen molar-refractivity contribution in [3.63, 3.8) is 0 Å². The average molecular weight is 325 g/mol. The quantitative estimate of drug-likeness (QED) is 0.232. The van der Waals surface area contributed by atoms with Gasteiger partial charge in [-0.15, -0.1) is 0 Å². The first-order valence-corrected chi connectivity index (χ1v) is 6.72. The SMILES string of the molecule is O=C(/C=[N+](\[O-])[C@H]1CCC/C1=N\O)c1ccc(Br)cc1. The van der Waals surface area contributed by atoms with Gasteiger partial charge in [-0.1, -0.05) is 21.1 Å². The molecule has 0 aromatic heterocycles. The summed E-state index contributed by atoms with van der Waals surface area (Å²) in [5.41, 5.74) is 0.888. The Morgan fingerprint density at radius 2 is 2.16 bits per heavy atom. The molecule has 100 valence electrons. The van der Waals surface area contributed by atoms with Crippen molar-refractivity contribution in [2.75, 3.05) is 0 Å². The number of halogens is 1. The summed E-state index contributed by atoms with van der Waals surface area (Å²) in [6.45, 7) is 0.